The number of benzene rings is 1. The third-order valence-corrected chi connectivity index (χ3v) is 3.08. The highest BCUT2D eigenvalue weighted by Gasteiger charge is 2.26. The number of rotatable bonds is 1. The van der Waals surface area contributed by atoms with Crippen molar-refractivity contribution < 1.29 is 0 Å². The summed E-state index contributed by atoms with van der Waals surface area (Å²) in [5.41, 5.74) is 3.20. The van der Waals surface area contributed by atoms with Gasteiger partial charge >= 0.3 is 0 Å². The highest BCUT2D eigenvalue weighted by Crippen LogP contribution is 2.40. The Bertz CT molecular complexity index is 568. The average molecular weight is 196 g/mol. The Labute approximate surface area is 88.7 Å². The topological polar surface area (TPSA) is 28.7 Å². The molecule has 1 heterocycles. The first-order valence-electron chi connectivity index (χ1n) is 5.32. The van der Waals surface area contributed by atoms with Crippen LogP contribution in [0.3, 0.4) is 0 Å². The summed E-state index contributed by atoms with van der Waals surface area (Å²) < 4.78 is 2.33. The van der Waals surface area contributed by atoms with Crippen molar-refractivity contribution in [3.8, 4) is 6.07 Å². The number of nitriles is 1. The molecule has 2 aromatic rings. The smallest absolute Gasteiger partial charge is 0.101 e. The van der Waals surface area contributed by atoms with Gasteiger partial charge in [-0.25, -0.2) is 0 Å². The number of para-hydroxylation sites is 1. The van der Waals surface area contributed by atoms with Gasteiger partial charge in [-0.15, -0.1) is 0 Å². The van der Waals surface area contributed by atoms with Gasteiger partial charge < -0.3 is 4.57 Å². The summed E-state index contributed by atoms with van der Waals surface area (Å²) in [5.74, 6) is 0. The van der Waals surface area contributed by atoms with Crippen molar-refractivity contribution in [1.82, 2.24) is 4.57 Å². The maximum Gasteiger partial charge on any atom is 0.101 e. The van der Waals surface area contributed by atoms with Crippen LogP contribution in [0.15, 0.2) is 24.3 Å². The van der Waals surface area contributed by atoms with E-state index in [2.05, 4.69) is 29.7 Å². The van der Waals surface area contributed by atoms with E-state index in [4.69, 9.17) is 5.26 Å². The SMILES string of the molecule is Cc1cc2cccc(C#N)c2n1C1CC1. The van der Waals surface area contributed by atoms with E-state index in [1.807, 2.05) is 12.1 Å². The lowest BCUT2D eigenvalue weighted by atomic mass is 10.1. The summed E-state index contributed by atoms with van der Waals surface area (Å²) >= 11 is 0. The van der Waals surface area contributed by atoms with Crippen molar-refractivity contribution in [2.24, 2.45) is 0 Å². The lowest BCUT2D eigenvalue weighted by Crippen LogP contribution is -1.97. The second kappa shape index (κ2) is 2.87. The molecule has 0 atom stereocenters. The summed E-state index contributed by atoms with van der Waals surface area (Å²) in [6.45, 7) is 2.12. The van der Waals surface area contributed by atoms with Gasteiger partial charge in [0.2, 0.25) is 0 Å². The van der Waals surface area contributed by atoms with Gasteiger partial charge in [-0.3, -0.25) is 0 Å². The molecule has 0 spiro atoms. The van der Waals surface area contributed by atoms with Crippen LogP contribution in [0.25, 0.3) is 10.9 Å². The highest BCUT2D eigenvalue weighted by molar-refractivity contribution is 5.86. The van der Waals surface area contributed by atoms with Crippen LogP contribution in [-0.2, 0) is 0 Å². The molecule has 0 amide bonds. The van der Waals surface area contributed by atoms with Gasteiger partial charge in [0.15, 0.2) is 0 Å². The minimum Gasteiger partial charge on any atom is -0.341 e. The standard InChI is InChI=1S/C13H12N2/c1-9-7-10-3-2-4-11(8-14)13(10)15(9)12-5-6-12/h2-4,7,12H,5-6H2,1H3. The third kappa shape index (κ3) is 1.16. The second-order valence-corrected chi connectivity index (χ2v) is 4.24. The molecular formula is C13H12N2. The van der Waals surface area contributed by atoms with E-state index in [1.165, 1.54) is 23.9 Å². The molecule has 0 aliphatic heterocycles. The fourth-order valence-corrected chi connectivity index (χ4v) is 2.31. The van der Waals surface area contributed by atoms with Crippen LogP contribution in [0.1, 0.15) is 30.1 Å². The van der Waals surface area contributed by atoms with E-state index in [-0.39, 0.29) is 0 Å². The van der Waals surface area contributed by atoms with E-state index < -0.39 is 0 Å². The molecule has 74 valence electrons. The summed E-state index contributed by atoms with van der Waals surface area (Å²) in [5, 5.41) is 10.3. The Morgan fingerprint density at radius 2 is 2.20 bits per heavy atom. The largest absolute Gasteiger partial charge is 0.341 e. The van der Waals surface area contributed by atoms with Crippen LogP contribution in [0.2, 0.25) is 0 Å². The van der Waals surface area contributed by atoms with Gasteiger partial charge in [-0.1, -0.05) is 12.1 Å². The number of hydrogen-bond acceptors (Lipinski definition) is 1. The Kier molecular flexibility index (Phi) is 1.63. The lowest BCUT2D eigenvalue weighted by Gasteiger charge is -2.06. The molecule has 1 saturated carbocycles. The first kappa shape index (κ1) is 8.55. The summed E-state index contributed by atoms with van der Waals surface area (Å²) in [6.07, 6.45) is 2.51. The van der Waals surface area contributed by atoms with E-state index in [0.29, 0.717) is 6.04 Å². The molecule has 1 aliphatic carbocycles. The molecule has 1 aromatic heterocycles. The zero-order valence-corrected chi connectivity index (χ0v) is 8.70. The normalized spacial score (nSPS) is 15.5. The Morgan fingerprint density at radius 1 is 1.40 bits per heavy atom. The number of hydrogen-bond donors (Lipinski definition) is 0. The maximum absolute atomic E-state index is 9.11. The molecule has 2 heteroatoms. The minimum absolute atomic E-state index is 0.636. The van der Waals surface area contributed by atoms with Crippen LogP contribution < -0.4 is 0 Å². The molecular weight excluding hydrogens is 184 g/mol. The maximum atomic E-state index is 9.11. The third-order valence-electron chi connectivity index (χ3n) is 3.08. The first-order chi connectivity index (χ1) is 7.31. The summed E-state index contributed by atoms with van der Waals surface area (Å²) in [7, 11) is 0. The van der Waals surface area contributed by atoms with Gasteiger partial charge in [0, 0.05) is 17.1 Å². The Morgan fingerprint density at radius 3 is 2.87 bits per heavy atom. The molecule has 1 aliphatic rings. The molecule has 0 radical (unpaired) electrons. The number of aromatic nitrogens is 1. The van der Waals surface area contributed by atoms with Gasteiger partial charge in [-0.05, 0) is 31.9 Å². The highest BCUT2D eigenvalue weighted by atomic mass is 15.1. The van der Waals surface area contributed by atoms with Crippen LogP contribution in [0, 0.1) is 18.3 Å². The van der Waals surface area contributed by atoms with Crippen molar-refractivity contribution in [1.29, 1.82) is 5.26 Å². The molecule has 3 rings (SSSR count). The Balaban J connectivity index is 2.41. The minimum atomic E-state index is 0.636. The molecule has 1 fully saturated rings. The number of fused-ring (bicyclic) bond motifs is 1. The van der Waals surface area contributed by atoms with Crippen LogP contribution >= 0.6 is 0 Å². The number of aryl methyl sites for hydroxylation is 1. The number of nitrogens with zero attached hydrogens (tertiary/aromatic N) is 2. The van der Waals surface area contributed by atoms with Crippen molar-refractivity contribution >= 4 is 10.9 Å². The fourth-order valence-electron chi connectivity index (χ4n) is 2.31. The van der Waals surface area contributed by atoms with Crippen LogP contribution in [0.5, 0.6) is 0 Å². The van der Waals surface area contributed by atoms with Crippen molar-refractivity contribution in [2.45, 2.75) is 25.8 Å². The van der Waals surface area contributed by atoms with Crippen molar-refractivity contribution in [2.75, 3.05) is 0 Å². The van der Waals surface area contributed by atoms with E-state index >= 15 is 0 Å². The van der Waals surface area contributed by atoms with Gasteiger partial charge in [0.25, 0.3) is 0 Å². The summed E-state index contributed by atoms with van der Waals surface area (Å²) in [6, 6.07) is 11.0. The molecule has 0 N–H and O–H groups in total. The summed E-state index contributed by atoms with van der Waals surface area (Å²) in [4.78, 5) is 0. The lowest BCUT2D eigenvalue weighted by molar-refractivity contribution is 0.748. The fraction of sp³-hybridized carbons (Fsp3) is 0.308. The molecule has 0 unspecified atom stereocenters. The van der Waals surface area contributed by atoms with Gasteiger partial charge in [0.05, 0.1) is 11.1 Å². The van der Waals surface area contributed by atoms with Gasteiger partial charge in [-0.2, -0.15) is 5.26 Å². The monoisotopic (exact) mass is 196 g/mol. The van der Waals surface area contributed by atoms with Gasteiger partial charge in [0.1, 0.15) is 6.07 Å². The van der Waals surface area contributed by atoms with Crippen molar-refractivity contribution in [3.63, 3.8) is 0 Å². The van der Waals surface area contributed by atoms with E-state index in [0.717, 1.165) is 11.1 Å². The predicted octanol–water partition coefficient (Wildman–Crippen LogP) is 3.16. The quantitative estimate of drug-likeness (QED) is 0.688. The molecule has 0 saturated heterocycles. The van der Waals surface area contributed by atoms with E-state index in [1.54, 1.807) is 0 Å². The molecule has 1 aromatic carbocycles. The van der Waals surface area contributed by atoms with Crippen LogP contribution in [-0.4, -0.2) is 4.57 Å². The zero-order valence-electron chi connectivity index (χ0n) is 8.70. The molecule has 2 nitrogen and oxygen atoms in total. The van der Waals surface area contributed by atoms with E-state index in [9.17, 15) is 0 Å². The van der Waals surface area contributed by atoms with Crippen LogP contribution in [0.4, 0.5) is 0 Å². The predicted molar refractivity (Wildman–Crippen MR) is 59.7 cm³/mol. The average Bonchev–Trinajstić information content (AvgIpc) is 3.00. The van der Waals surface area contributed by atoms with Crippen molar-refractivity contribution in [3.05, 3.63) is 35.5 Å². The molecule has 0 bridgehead atoms. The Hall–Kier alpha value is -1.75. The second-order valence-electron chi connectivity index (χ2n) is 4.24. The molecule has 15 heavy (non-hydrogen) atoms. The zero-order chi connectivity index (χ0) is 10.4. The first-order valence-corrected chi connectivity index (χ1v) is 5.32.